The van der Waals surface area contributed by atoms with Gasteiger partial charge in [0.15, 0.2) is 0 Å². The summed E-state index contributed by atoms with van der Waals surface area (Å²) in [4.78, 5) is 14.2. The van der Waals surface area contributed by atoms with Crippen LogP contribution in [0.4, 0.5) is 5.69 Å². The van der Waals surface area contributed by atoms with Crippen molar-refractivity contribution in [1.82, 2.24) is 0 Å². The zero-order chi connectivity index (χ0) is 13.7. The molecule has 0 bridgehead atoms. The molecule has 2 rings (SSSR count). The smallest absolute Gasteiger partial charge is 0.226 e. The van der Waals surface area contributed by atoms with Crippen LogP contribution in [-0.2, 0) is 11.2 Å². The molecule has 0 aliphatic carbocycles. The van der Waals surface area contributed by atoms with Gasteiger partial charge in [0.2, 0.25) is 5.91 Å². The molecule has 0 spiro atoms. The number of fused-ring (bicyclic) bond motifs is 1. The lowest BCUT2D eigenvalue weighted by molar-refractivity contribution is -0.118. The van der Waals surface area contributed by atoms with E-state index in [-0.39, 0.29) is 11.9 Å². The fourth-order valence-corrected chi connectivity index (χ4v) is 2.65. The first-order valence-electron chi connectivity index (χ1n) is 7.36. The number of anilines is 1. The first kappa shape index (κ1) is 14.1. The molecule has 0 saturated heterocycles. The van der Waals surface area contributed by atoms with E-state index >= 15 is 0 Å². The number of hydrogen-bond acceptors (Lipinski definition) is 2. The van der Waals surface area contributed by atoms with Crippen LogP contribution in [0, 0.1) is 0 Å². The molecule has 1 aliphatic rings. The molecule has 3 heteroatoms. The van der Waals surface area contributed by atoms with E-state index in [1.165, 1.54) is 5.56 Å². The van der Waals surface area contributed by atoms with E-state index in [1.807, 2.05) is 11.0 Å². The largest absolute Gasteiger partial charge is 0.328 e. The van der Waals surface area contributed by atoms with E-state index in [1.54, 1.807) is 0 Å². The lowest BCUT2D eigenvalue weighted by atomic mass is 10.1. The molecular weight excluding hydrogens is 236 g/mol. The van der Waals surface area contributed by atoms with Crippen LogP contribution in [0.1, 0.15) is 44.6 Å². The molecule has 1 amide bonds. The Bertz CT molecular complexity index is 431. The average molecular weight is 260 g/mol. The van der Waals surface area contributed by atoms with E-state index < -0.39 is 0 Å². The summed E-state index contributed by atoms with van der Waals surface area (Å²) in [5.74, 6) is 0.259. The minimum Gasteiger partial charge on any atom is -0.328 e. The van der Waals surface area contributed by atoms with Crippen molar-refractivity contribution in [2.45, 2.75) is 51.5 Å². The summed E-state index contributed by atoms with van der Waals surface area (Å²) < 4.78 is 0. The summed E-state index contributed by atoms with van der Waals surface area (Å²) in [6.45, 7) is 2.90. The molecule has 1 heterocycles. The molecule has 3 nitrogen and oxygen atoms in total. The Morgan fingerprint density at radius 3 is 2.89 bits per heavy atom. The number of nitrogens with two attached hydrogens (primary N) is 1. The Balaban J connectivity index is 2.06. The molecule has 104 valence electrons. The van der Waals surface area contributed by atoms with Crippen molar-refractivity contribution in [2.24, 2.45) is 5.73 Å². The molecule has 0 aromatic heterocycles. The SMILES string of the molecule is CCC(N)CCCN1C(=O)CCCc2ccccc21. The van der Waals surface area contributed by atoms with Crippen LogP contribution in [-0.4, -0.2) is 18.5 Å². The maximum Gasteiger partial charge on any atom is 0.226 e. The fraction of sp³-hybridized carbons (Fsp3) is 0.562. The van der Waals surface area contributed by atoms with Crippen LogP contribution in [0.25, 0.3) is 0 Å². The van der Waals surface area contributed by atoms with Gasteiger partial charge in [-0.15, -0.1) is 0 Å². The summed E-state index contributed by atoms with van der Waals surface area (Å²) >= 11 is 0. The van der Waals surface area contributed by atoms with Gasteiger partial charge in [0, 0.05) is 24.7 Å². The molecule has 1 aliphatic heterocycles. The zero-order valence-corrected chi connectivity index (χ0v) is 11.8. The standard InChI is InChI=1S/C16H24N2O/c1-2-14(17)9-6-12-18-15-10-4-3-7-13(15)8-5-11-16(18)19/h3-4,7,10,14H,2,5-6,8-9,11-12,17H2,1H3. The summed E-state index contributed by atoms with van der Waals surface area (Å²) in [6, 6.07) is 8.54. The van der Waals surface area contributed by atoms with Crippen molar-refractivity contribution >= 4 is 11.6 Å². The highest BCUT2D eigenvalue weighted by molar-refractivity contribution is 5.94. The lowest BCUT2D eigenvalue weighted by Crippen LogP contribution is -2.32. The van der Waals surface area contributed by atoms with Gasteiger partial charge in [0.25, 0.3) is 0 Å². The number of hydrogen-bond donors (Lipinski definition) is 1. The van der Waals surface area contributed by atoms with Crippen molar-refractivity contribution in [1.29, 1.82) is 0 Å². The molecule has 2 N–H and O–H groups in total. The van der Waals surface area contributed by atoms with Crippen molar-refractivity contribution in [3.63, 3.8) is 0 Å². The van der Waals surface area contributed by atoms with Gasteiger partial charge in [-0.1, -0.05) is 25.1 Å². The van der Waals surface area contributed by atoms with E-state index in [2.05, 4.69) is 25.1 Å². The van der Waals surface area contributed by atoms with Crippen LogP contribution < -0.4 is 10.6 Å². The van der Waals surface area contributed by atoms with Crippen molar-refractivity contribution in [3.8, 4) is 0 Å². The Kier molecular flexibility index (Phi) is 4.97. The second-order valence-electron chi connectivity index (χ2n) is 5.34. The number of rotatable bonds is 5. The third kappa shape index (κ3) is 3.57. The third-order valence-electron chi connectivity index (χ3n) is 3.90. The second kappa shape index (κ2) is 6.71. The number of nitrogens with zero attached hydrogens (tertiary/aromatic N) is 1. The molecule has 19 heavy (non-hydrogen) atoms. The quantitative estimate of drug-likeness (QED) is 0.885. The number of aryl methyl sites for hydroxylation is 1. The van der Waals surface area contributed by atoms with Crippen molar-refractivity contribution in [2.75, 3.05) is 11.4 Å². The van der Waals surface area contributed by atoms with Gasteiger partial charge in [-0.05, 0) is 43.7 Å². The monoisotopic (exact) mass is 260 g/mol. The van der Waals surface area contributed by atoms with E-state index in [9.17, 15) is 4.79 Å². The molecule has 0 saturated carbocycles. The summed E-state index contributed by atoms with van der Waals surface area (Å²) in [7, 11) is 0. The maximum atomic E-state index is 12.2. The third-order valence-corrected chi connectivity index (χ3v) is 3.90. The highest BCUT2D eigenvalue weighted by atomic mass is 16.2. The molecule has 1 aromatic carbocycles. The van der Waals surface area contributed by atoms with Crippen LogP contribution in [0.5, 0.6) is 0 Å². The van der Waals surface area contributed by atoms with Gasteiger partial charge in [-0.2, -0.15) is 0 Å². The predicted octanol–water partition coefficient (Wildman–Crippen LogP) is 2.87. The van der Waals surface area contributed by atoms with E-state index in [0.29, 0.717) is 6.42 Å². The molecule has 0 fully saturated rings. The minimum atomic E-state index is 0.259. The normalized spacial score (nSPS) is 16.9. The fourth-order valence-electron chi connectivity index (χ4n) is 2.65. The molecule has 1 unspecified atom stereocenters. The number of carbonyl (C=O) groups excluding carboxylic acids is 1. The second-order valence-corrected chi connectivity index (χ2v) is 5.34. The number of benzene rings is 1. The summed E-state index contributed by atoms with van der Waals surface area (Å²) in [5, 5.41) is 0. The van der Waals surface area contributed by atoms with Gasteiger partial charge < -0.3 is 10.6 Å². The Morgan fingerprint density at radius 1 is 1.32 bits per heavy atom. The molecular formula is C16H24N2O. The topological polar surface area (TPSA) is 46.3 Å². The summed E-state index contributed by atoms with van der Waals surface area (Å²) in [5.41, 5.74) is 8.35. The number of para-hydroxylation sites is 1. The Labute approximate surface area is 115 Å². The maximum absolute atomic E-state index is 12.2. The van der Waals surface area contributed by atoms with Crippen molar-refractivity contribution < 1.29 is 4.79 Å². The van der Waals surface area contributed by atoms with Gasteiger partial charge >= 0.3 is 0 Å². The predicted molar refractivity (Wildman–Crippen MR) is 79.2 cm³/mol. The zero-order valence-electron chi connectivity index (χ0n) is 11.8. The van der Waals surface area contributed by atoms with Gasteiger partial charge in [-0.3, -0.25) is 4.79 Å². The van der Waals surface area contributed by atoms with Crippen LogP contribution in [0.15, 0.2) is 24.3 Å². The Morgan fingerprint density at radius 2 is 2.11 bits per heavy atom. The van der Waals surface area contributed by atoms with E-state index in [4.69, 9.17) is 5.73 Å². The minimum absolute atomic E-state index is 0.259. The Hall–Kier alpha value is -1.35. The van der Waals surface area contributed by atoms with Gasteiger partial charge in [0.05, 0.1) is 0 Å². The van der Waals surface area contributed by atoms with E-state index in [0.717, 1.165) is 44.3 Å². The highest BCUT2D eigenvalue weighted by Gasteiger charge is 2.21. The van der Waals surface area contributed by atoms with Gasteiger partial charge in [0.1, 0.15) is 0 Å². The average Bonchev–Trinajstić information content (AvgIpc) is 2.58. The number of carbonyl (C=O) groups is 1. The molecule has 0 radical (unpaired) electrons. The molecule has 1 atom stereocenters. The molecule has 1 aromatic rings. The number of amides is 1. The van der Waals surface area contributed by atoms with Crippen LogP contribution in [0.2, 0.25) is 0 Å². The summed E-state index contributed by atoms with van der Waals surface area (Å²) in [6.07, 6.45) is 5.60. The van der Waals surface area contributed by atoms with Crippen molar-refractivity contribution in [3.05, 3.63) is 29.8 Å². The first-order chi connectivity index (χ1) is 9.22. The first-order valence-corrected chi connectivity index (χ1v) is 7.36. The van der Waals surface area contributed by atoms with Crippen LogP contribution >= 0.6 is 0 Å². The van der Waals surface area contributed by atoms with Gasteiger partial charge in [-0.25, -0.2) is 0 Å². The lowest BCUT2D eigenvalue weighted by Gasteiger charge is -2.23. The van der Waals surface area contributed by atoms with Crippen LogP contribution in [0.3, 0.4) is 0 Å². The highest BCUT2D eigenvalue weighted by Crippen LogP contribution is 2.27.